The first-order chi connectivity index (χ1) is 7.54. The van der Waals surface area contributed by atoms with Crippen LogP contribution in [0.2, 0.25) is 0 Å². The van der Waals surface area contributed by atoms with E-state index in [9.17, 15) is 4.79 Å². The van der Waals surface area contributed by atoms with Crippen LogP contribution in [0.3, 0.4) is 0 Å². The Morgan fingerprint density at radius 1 is 1.56 bits per heavy atom. The Morgan fingerprint density at radius 3 is 2.62 bits per heavy atom. The summed E-state index contributed by atoms with van der Waals surface area (Å²) < 4.78 is 4.62. The zero-order valence-electron chi connectivity index (χ0n) is 10.5. The number of carbonyl (C=O) groups excluding carboxylic acids is 1. The van der Waals surface area contributed by atoms with Gasteiger partial charge >= 0.3 is 5.97 Å². The Morgan fingerprint density at radius 2 is 2.12 bits per heavy atom. The van der Waals surface area contributed by atoms with Gasteiger partial charge in [0.15, 0.2) is 0 Å². The lowest BCUT2D eigenvalue weighted by molar-refractivity contribution is -0.142. The van der Waals surface area contributed by atoms with E-state index in [1.807, 2.05) is 7.05 Å². The molecule has 0 radical (unpaired) electrons. The van der Waals surface area contributed by atoms with Crippen LogP contribution in [0.25, 0.3) is 0 Å². The lowest BCUT2D eigenvalue weighted by Crippen LogP contribution is -2.48. The minimum absolute atomic E-state index is 0.334. The van der Waals surface area contributed by atoms with Crippen molar-refractivity contribution in [2.24, 2.45) is 5.73 Å². The van der Waals surface area contributed by atoms with Gasteiger partial charge in [0.05, 0.1) is 7.11 Å². The van der Waals surface area contributed by atoms with E-state index in [0.29, 0.717) is 12.6 Å². The summed E-state index contributed by atoms with van der Waals surface area (Å²) in [6.07, 6.45) is 2.28. The van der Waals surface area contributed by atoms with Crippen molar-refractivity contribution in [1.82, 2.24) is 9.80 Å². The lowest BCUT2D eigenvalue weighted by atomic mass is 10.0. The van der Waals surface area contributed by atoms with Gasteiger partial charge in [0.25, 0.3) is 0 Å². The van der Waals surface area contributed by atoms with Crippen molar-refractivity contribution in [2.45, 2.75) is 24.9 Å². The van der Waals surface area contributed by atoms with E-state index in [1.165, 1.54) is 7.11 Å². The molecule has 0 amide bonds. The number of methoxy groups -OCH3 is 1. The standard InChI is InChI=1S/C11H23N3O2/c1-13-6-4-9(5-7-13)14(2)8-10(12)11(15)16-3/h9-10H,4-8,12H2,1-3H3. The second kappa shape index (κ2) is 6.18. The van der Waals surface area contributed by atoms with Crippen molar-refractivity contribution in [2.75, 3.05) is 40.8 Å². The summed E-state index contributed by atoms with van der Waals surface area (Å²) >= 11 is 0. The number of hydrogen-bond acceptors (Lipinski definition) is 5. The van der Waals surface area contributed by atoms with Gasteiger partial charge in [0.2, 0.25) is 0 Å². The van der Waals surface area contributed by atoms with E-state index in [0.717, 1.165) is 25.9 Å². The van der Waals surface area contributed by atoms with Gasteiger partial charge in [-0.05, 0) is 40.0 Å². The average Bonchev–Trinajstić information content (AvgIpc) is 2.28. The molecule has 1 rings (SSSR count). The summed E-state index contributed by atoms with van der Waals surface area (Å²) in [7, 11) is 5.53. The molecule has 0 saturated carbocycles. The number of rotatable bonds is 4. The van der Waals surface area contributed by atoms with Crippen LogP contribution in [0.4, 0.5) is 0 Å². The third kappa shape index (κ3) is 3.73. The number of likely N-dealkylation sites (tertiary alicyclic amines) is 1. The number of nitrogens with two attached hydrogens (primary N) is 1. The minimum atomic E-state index is -0.533. The number of piperidine rings is 1. The lowest BCUT2D eigenvalue weighted by Gasteiger charge is -2.35. The van der Waals surface area contributed by atoms with E-state index in [4.69, 9.17) is 5.73 Å². The van der Waals surface area contributed by atoms with Gasteiger partial charge in [-0.3, -0.25) is 4.79 Å². The smallest absolute Gasteiger partial charge is 0.323 e. The quantitative estimate of drug-likeness (QED) is 0.659. The highest BCUT2D eigenvalue weighted by Gasteiger charge is 2.24. The van der Waals surface area contributed by atoms with Crippen LogP contribution in [-0.2, 0) is 9.53 Å². The molecule has 2 N–H and O–H groups in total. The monoisotopic (exact) mass is 229 g/mol. The fourth-order valence-corrected chi connectivity index (χ4v) is 2.12. The third-order valence-corrected chi connectivity index (χ3v) is 3.30. The predicted molar refractivity (Wildman–Crippen MR) is 63.1 cm³/mol. The summed E-state index contributed by atoms with van der Waals surface area (Å²) in [6, 6.07) is 0.00145. The Bertz CT molecular complexity index is 227. The van der Waals surface area contributed by atoms with Gasteiger partial charge in [-0.1, -0.05) is 0 Å². The van der Waals surface area contributed by atoms with Crippen LogP contribution in [-0.4, -0.2) is 68.7 Å². The molecule has 16 heavy (non-hydrogen) atoms. The Labute approximate surface area is 97.5 Å². The van der Waals surface area contributed by atoms with Crippen LogP contribution in [0, 0.1) is 0 Å². The van der Waals surface area contributed by atoms with Gasteiger partial charge < -0.3 is 20.3 Å². The molecule has 1 aliphatic rings. The second-order valence-electron chi connectivity index (χ2n) is 4.60. The highest BCUT2D eigenvalue weighted by atomic mass is 16.5. The van der Waals surface area contributed by atoms with Crippen LogP contribution < -0.4 is 5.73 Å². The Balaban J connectivity index is 2.34. The number of carbonyl (C=O) groups is 1. The molecule has 94 valence electrons. The van der Waals surface area contributed by atoms with Crippen LogP contribution >= 0.6 is 0 Å². The molecule has 1 heterocycles. The van der Waals surface area contributed by atoms with Gasteiger partial charge in [0.1, 0.15) is 6.04 Å². The maximum absolute atomic E-state index is 11.2. The van der Waals surface area contributed by atoms with Crippen LogP contribution in [0.15, 0.2) is 0 Å². The number of ether oxygens (including phenoxy) is 1. The molecule has 1 atom stereocenters. The number of hydrogen-bond donors (Lipinski definition) is 1. The SMILES string of the molecule is COC(=O)C(N)CN(C)C1CCN(C)CC1. The summed E-state index contributed by atoms with van der Waals surface area (Å²) in [4.78, 5) is 15.7. The molecule has 5 heteroatoms. The van der Waals surface area contributed by atoms with Crippen molar-refractivity contribution in [1.29, 1.82) is 0 Å². The van der Waals surface area contributed by atoms with Gasteiger partial charge in [0, 0.05) is 12.6 Å². The van der Waals surface area contributed by atoms with E-state index in [2.05, 4.69) is 21.6 Å². The average molecular weight is 229 g/mol. The zero-order valence-corrected chi connectivity index (χ0v) is 10.5. The van der Waals surface area contributed by atoms with Gasteiger partial charge in [-0.2, -0.15) is 0 Å². The zero-order chi connectivity index (χ0) is 12.1. The molecule has 5 nitrogen and oxygen atoms in total. The van der Waals surface area contributed by atoms with Crippen molar-refractivity contribution in [3.63, 3.8) is 0 Å². The van der Waals surface area contributed by atoms with E-state index >= 15 is 0 Å². The maximum atomic E-state index is 11.2. The van der Waals surface area contributed by atoms with E-state index in [-0.39, 0.29) is 5.97 Å². The number of esters is 1. The van der Waals surface area contributed by atoms with Gasteiger partial charge in [-0.15, -0.1) is 0 Å². The maximum Gasteiger partial charge on any atom is 0.323 e. The fraction of sp³-hybridized carbons (Fsp3) is 0.909. The largest absolute Gasteiger partial charge is 0.468 e. The highest BCUT2D eigenvalue weighted by Crippen LogP contribution is 2.14. The van der Waals surface area contributed by atoms with Gasteiger partial charge in [-0.25, -0.2) is 0 Å². The summed E-state index contributed by atoms with van der Waals surface area (Å²) in [5, 5.41) is 0. The van der Waals surface area contributed by atoms with Crippen molar-refractivity contribution >= 4 is 5.97 Å². The Kier molecular flexibility index (Phi) is 5.18. The first kappa shape index (κ1) is 13.4. The molecule has 0 spiro atoms. The molecular weight excluding hydrogens is 206 g/mol. The molecule has 1 aliphatic heterocycles. The fourth-order valence-electron chi connectivity index (χ4n) is 2.12. The highest BCUT2D eigenvalue weighted by molar-refractivity contribution is 5.75. The third-order valence-electron chi connectivity index (χ3n) is 3.30. The molecule has 0 aromatic heterocycles. The predicted octanol–water partition coefficient (Wildman–Crippen LogP) is -0.487. The first-order valence-corrected chi connectivity index (χ1v) is 5.76. The molecule has 0 aromatic carbocycles. The number of nitrogens with zero attached hydrogens (tertiary/aromatic N) is 2. The van der Waals surface area contributed by atoms with Crippen LogP contribution in [0.5, 0.6) is 0 Å². The minimum Gasteiger partial charge on any atom is -0.468 e. The molecule has 1 fully saturated rings. The Hall–Kier alpha value is -0.650. The molecule has 0 aliphatic carbocycles. The normalized spacial score (nSPS) is 21.1. The van der Waals surface area contributed by atoms with Crippen molar-refractivity contribution in [3.8, 4) is 0 Å². The molecular formula is C11H23N3O2. The topological polar surface area (TPSA) is 58.8 Å². The summed E-state index contributed by atoms with van der Waals surface area (Å²) in [6.45, 7) is 2.80. The molecule has 1 saturated heterocycles. The van der Waals surface area contributed by atoms with Crippen molar-refractivity contribution in [3.05, 3.63) is 0 Å². The molecule has 0 bridgehead atoms. The summed E-state index contributed by atoms with van der Waals surface area (Å²) in [5.41, 5.74) is 5.74. The molecule has 0 aromatic rings. The van der Waals surface area contributed by atoms with Crippen LogP contribution in [0.1, 0.15) is 12.8 Å². The molecule has 1 unspecified atom stereocenters. The van der Waals surface area contributed by atoms with E-state index < -0.39 is 6.04 Å². The number of likely N-dealkylation sites (N-methyl/N-ethyl adjacent to an activating group) is 1. The van der Waals surface area contributed by atoms with Crippen molar-refractivity contribution < 1.29 is 9.53 Å². The summed E-state index contributed by atoms with van der Waals surface area (Å²) in [5.74, 6) is -0.334. The first-order valence-electron chi connectivity index (χ1n) is 5.76. The van der Waals surface area contributed by atoms with E-state index in [1.54, 1.807) is 0 Å². The second-order valence-corrected chi connectivity index (χ2v) is 4.60.